The Morgan fingerprint density at radius 1 is 1.19 bits per heavy atom. The number of alkyl halides is 2. The summed E-state index contributed by atoms with van der Waals surface area (Å²) in [5, 5.41) is 7.82. The molecule has 1 aliphatic rings. The first kappa shape index (κ1) is 17.9. The minimum atomic E-state index is -2.95. The van der Waals surface area contributed by atoms with Crippen LogP contribution in [0.25, 0.3) is 5.70 Å². The van der Waals surface area contributed by atoms with Crippen LogP contribution in [0.3, 0.4) is 0 Å². The second kappa shape index (κ2) is 7.28. The molecule has 5 nitrogen and oxygen atoms in total. The zero-order valence-electron chi connectivity index (χ0n) is 13.6. The number of aromatic nitrogens is 3. The minimum absolute atomic E-state index is 0.0363. The zero-order valence-corrected chi connectivity index (χ0v) is 16.0. The number of allylic oxidation sites excluding steroid dienone is 1. The molecule has 1 N–H and O–H groups in total. The van der Waals surface area contributed by atoms with E-state index in [1.165, 1.54) is 18.5 Å². The molecular weight excluding hydrogens is 442 g/mol. The van der Waals surface area contributed by atoms with Gasteiger partial charge >= 0.3 is 6.61 Å². The zero-order chi connectivity index (χ0) is 19.0. The summed E-state index contributed by atoms with van der Waals surface area (Å²) in [6.07, 6.45) is 3.26. The minimum Gasteiger partial charge on any atom is -0.434 e. The lowest BCUT2D eigenvalue weighted by atomic mass is 10.0. The number of benzene rings is 2. The monoisotopic (exact) mass is 452 g/mol. The topological polar surface area (TPSA) is 52.0 Å². The predicted molar refractivity (Wildman–Crippen MR) is 102 cm³/mol. The Morgan fingerprint density at radius 3 is 2.70 bits per heavy atom. The van der Waals surface area contributed by atoms with Crippen LogP contribution >= 0.6 is 27.5 Å². The molecule has 3 aromatic rings. The Balaban J connectivity index is 1.83. The lowest BCUT2D eigenvalue weighted by Crippen LogP contribution is -2.21. The number of ether oxygens (including phenoxy) is 1. The maximum absolute atomic E-state index is 12.9. The van der Waals surface area contributed by atoms with Crippen LogP contribution in [0, 0.1) is 0 Å². The maximum Gasteiger partial charge on any atom is 0.387 e. The van der Waals surface area contributed by atoms with E-state index in [0.29, 0.717) is 16.5 Å². The van der Waals surface area contributed by atoms with E-state index in [1.54, 1.807) is 10.7 Å². The maximum atomic E-state index is 12.9. The van der Waals surface area contributed by atoms with Gasteiger partial charge in [0.2, 0.25) is 5.95 Å². The SMILES string of the molecule is FC(F)Oc1ccc(Cl)cc1[C@@H]1C=C(c2ccc(Br)cc2)Nc2ncnn21. The summed E-state index contributed by atoms with van der Waals surface area (Å²) < 4.78 is 33.0. The molecule has 1 aliphatic heterocycles. The molecule has 9 heteroatoms. The average molecular weight is 454 g/mol. The highest BCUT2D eigenvalue weighted by Gasteiger charge is 2.27. The third-order valence-electron chi connectivity index (χ3n) is 4.07. The van der Waals surface area contributed by atoms with E-state index in [1.807, 2.05) is 30.3 Å². The lowest BCUT2D eigenvalue weighted by Gasteiger charge is -2.26. The number of halogens is 4. The van der Waals surface area contributed by atoms with E-state index < -0.39 is 12.7 Å². The van der Waals surface area contributed by atoms with Crippen LogP contribution in [0.5, 0.6) is 5.75 Å². The number of fused-ring (bicyclic) bond motifs is 1. The summed E-state index contributed by atoms with van der Waals surface area (Å²) in [7, 11) is 0. The van der Waals surface area contributed by atoms with Crippen molar-refractivity contribution in [2.45, 2.75) is 12.7 Å². The number of rotatable bonds is 4. The molecule has 1 aromatic heterocycles. The fourth-order valence-corrected chi connectivity index (χ4v) is 3.35. The highest BCUT2D eigenvalue weighted by molar-refractivity contribution is 9.10. The van der Waals surface area contributed by atoms with E-state index in [9.17, 15) is 8.78 Å². The summed E-state index contributed by atoms with van der Waals surface area (Å²) in [5.74, 6) is 0.526. The molecule has 138 valence electrons. The molecule has 0 aliphatic carbocycles. The quantitative estimate of drug-likeness (QED) is 0.578. The summed E-state index contributed by atoms with van der Waals surface area (Å²) in [5.41, 5.74) is 2.15. The van der Waals surface area contributed by atoms with Gasteiger partial charge in [-0.1, -0.05) is 39.7 Å². The normalized spacial score (nSPS) is 15.9. The number of hydrogen-bond donors (Lipinski definition) is 1. The van der Waals surface area contributed by atoms with Crippen LogP contribution in [-0.4, -0.2) is 21.4 Å². The van der Waals surface area contributed by atoms with Gasteiger partial charge in [-0.2, -0.15) is 18.9 Å². The smallest absolute Gasteiger partial charge is 0.387 e. The van der Waals surface area contributed by atoms with Crippen molar-refractivity contribution in [3.05, 3.63) is 75.5 Å². The molecule has 0 radical (unpaired) electrons. The molecule has 2 heterocycles. The number of nitrogens with zero attached hydrogens (tertiary/aromatic N) is 3. The van der Waals surface area contributed by atoms with Gasteiger partial charge in [-0.25, -0.2) is 4.68 Å². The Bertz CT molecular complexity index is 1010. The van der Waals surface area contributed by atoms with Gasteiger partial charge in [0.1, 0.15) is 18.1 Å². The average Bonchev–Trinajstić information content (AvgIpc) is 3.11. The summed E-state index contributed by atoms with van der Waals surface area (Å²) >= 11 is 9.52. The van der Waals surface area contributed by atoms with Gasteiger partial charge in [0.05, 0.1) is 0 Å². The van der Waals surface area contributed by atoms with Crippen molar-refractivity contribution < 1.29 is 13.5 Å². The first-order valence-electron chi connectivity index (χ1n) is 7.90. The van der Waals surface area contributed by atoms with E-state index >= 15 is 0 Å². The second-order valence-corrected chi connectivity index (χ2v) is 7.10. The van der Waals surface area contributed by atoms with E-state index in [-0.39, 0.29) is 5.75 Å². The standard InChI is InChI=1S/C18H12BrClF2N4O/c19-11-3-1-10(2-4-11)14-8-15(26-18(25-14)23-9-24-26)13-7-12(20)5-6-16(13)27-17(21)22/h1-9,15,17H,(H,23,24,25)/t15-/m0/s1. The largest absolute Gasteiger partial charge is 0.434 e. The molecule has 27 heavy (non-hydrogen) atoms. The number of hydrogen-bond acceptors (Lipinski definition) is 4. The fraction of sp³-hybridized carbons (Fsp3) is 0.111. The Hall–Kier alpha value is -2.45. The molecule has 0 saturated heterocycles. The fourth-order valence-electron chi connectivity index (χ4n) is 2.91. The molecule has 0 amide bonds. The van der Waals surface area contributed by atoms with Gasteiger partial charge in [-0.3, -0.25) is 0 Å². The number of anilines is 1. The highest BCUT2D eigenvalue weighted by Crippen LogP contribution is 2.38. The van der Waals surface area contributed by atoms with Crippen LogP contribution in [0.2, 0.25) is 5.02 Å². The molecule has 0 bridgehead atoms. The van der Waals surface area contributed by atoms with Crippen LogP contribution in [0.1, 0.15) is 17.2 Å². The predicted octanol–water partition coefficient (Wildman–Crippen LogP) is 5.35. The van der Waals surface area contributed by atoms with Crippen molar-refractivity contribution in [3.63, 3.8) is 0 Å². The van der Waals surface area contributed by atoms with E-state index in [0.717, 1.165) is 15.7 Å². The summed E-state index contributed by atoms with van der Waals surface area (Å²) in [6.45, 7) is -2.95. The Morgan fingerprint density at radius 2 is 1.96 bits per heavy atom. The summed E-state index contributed by atoms with van der Waals surface area (Å²) in [4.78, 5) is 4.21. The lowest BCUT2D eigenvalue weighted by molar-refractivity contribution is -0.0506. The van der Waals surface area contributed by atoms with Gasteiger partial charge in [-0.05, 0) is 42.0 Å². The molecule has 0 unspecified atom stereocenters. The third kappa shape index (κ3) is 3.68. The highest BCUT2D eigenvalue weighted by atomic mass is 79.9. The van der Waals surface area contributed by atoms with Gasteiger partial charge in [0.25, 0.3) is 0 Å². The van der Waals surface area contributed by atoms with Crippen molar-refractivity contribution in [1.82, 2.24) is 14.8 Å². The van der Waals surface area contributed by atoms with E-state index in [4.69, 9.17) is 16.3 Å². The first-order valence-corrected chi connectivity index (χ1v) is 9.07. The molecule has 0 spiro atoms. The van der Waals surface area contributed by atoms with Gasteiger partial charge in [0.15, 0.2) is 0 Å². The Labute approximate surface area is 166 Å². The molecule has 1 atom stereocenters. The molecular formula is C18H12BrClF2N4O. The van der Waals surface area contributed by atoms with Crippen molar-refractivity contribution in [2.75, 3.05) is 5.32 Å². The van der Waals surface area contributed by atoms with Crippen LogP contribution in [0.15, 0.2) is 59.3 Å². The molecule has 4 rings (SSSR count). The van der Waals surface area contributed by atoms with Crippen molar-refractivity contribution in [3.8, 4) is 5.75 Å². The first-order chi connectivity index (χ1) is 13.0. The second-order valence-electron chi connectivity index (χ2n) is 5.75. The third-order valence-corrected chi connectivity index (χ3v) is 4.83. The van der Waals surface area contributed by atoms with Crippen molar-refractivity contribution >= 4 is 39.2 Å². The van der Waals surface area contributed by atoms with Gasteiger partial charge in [-0.15, -0.1) is 0 Å². The molecule has 2 aromatic carbocycles. The van der Waals surface area contributed by atoms with Crippen molar-refractivity contribution in [1.29, 1.82) is 0 Å². The van der Waals surface area contributed by atoms with Crippen LogP contribution < -0.4 is 10.1 Å². The number of nitrogens with one attached hydrogen (secondary N) is 1. The summed E-state index contributed by atoms with van der Waals surface area (Å²) in [6, 6.07) is 11.7. The van der Waals surface area contributed by atoms with Gasteiger partial charge in [0, 0.05) is 20.8 Å². The van der Waals surface area contributed by atoms with Crippen molar-refractivity contribution in [2.24, 2.45) is 0 Å². The Kier molecular flexibility index (Phi) is 4.84. The van der Waals surface area contributed by atoms with E-state index in [2.05, 4.69) is 31.3 Å². The van der Waals surface area contributed by atoms with Gasteiger partial charge < -0.3 is 10.1 Å². The molecule has 0 saturated carbocycles. The molecule has 0 fully saturated rings. The van der Waals surface area contributed by atoms with Crippen LogP contribution in [-0.2, 0) is 0 Å². The van der Waals surface area contributed by atoms with Crippen LogP contribution in [0.4, 0.5) is 14.7 Å².